The summed E-state index contributed by atoms with van der Waals surface area (Å²) in [6, 6.07) is 83.8. The Bertz CT molecular complexity index is 4120. The fraction of sp³-hybridized carbons (Fsp3) is 0. The number of rotatable bonds is 9. The van der Waals surface area contributed by atoms with Gasteiger partial charge in [0.25, 0.3) is 0 Å². The first-order chi connectivity index (χ1) is 35.7. The molecule has 0 aliphatic carbocycles. The zero-order valence-corrected chi connectivity index (χ0v) is 39.3. The summed E-state index contributed by atoms with van der Waals surface area (Å²) in [6.45, 7) is 0. The molecule has 14 rings (SSSR count). The number of aromatic nitrogens is 4. The molecule has 8 nitrogen and oxygen atoms in total. The Kier molecular flexibility index (Phi) is 9.92. The largest absolute Gasteiger partial charge is 0.456 e. The normalized spacial score (nSPS) is 11.9. The maximum Gasteiger partial charge on any atom is 0.238 e. The summed E-state index contributed by atoms with van der Waals surface area (Å²) in [7, 11) is 0. The van der Waals surface area contributed by atoms with Crippen LogP contribution in [0.1, 0.15) is 0 Å². The highest BCUT2D eigenvalue weighted by Gasteiger charge is 2.26. The number of hydrogen-bond acceptors (Lipinski definition) is 8. The second-order valence-electron chi connectivity index (χ2n) is 17.6. The van der Waals surface area contributed by atoms with Crippen LogP contribution in [0.2, 0.25) is 0 Å². The summed E-state index contributed by atoms with van der Waals surface area (Å²) in [5.41, 5.74) is 11.4. The molecule has 0 spiro atoms. The molecule has 1 aliphatic rings. The third-order valence-electron chi connectivity index (χ3n) is 13.3. The predicted octanol–water partition coefficient (Wildman–Crippen LogP) is 17.4. The SMILES string of the molecule is c1ccc(-c2nc(-c3ccccc3)nc(-n3c4ccccc4c4ccc(N(c5ccccc5)c5ccc6c(c5)Oc5cc(N(c7ccccc7)c7cccc8oc9ccccc9c78)ccc5S6)cc43)n2)cc1. The maximum absolute atomic E-state index is 7.01. The first-order valence-electron chi connectivity index (χ1n) is 23.8. The summed E-state index contributed by atoms with van der Waals surface area (Å²) in [6.07, 6.45) is 0. The van der Waals surface area contributed by atoms with Gasteiger partial charge in [-0.05, 0) is 84.9 Å². The molecule has 1 aliphatic heterocycles. The van der Waals surface area contributed by atoms with Gasteiger partial charge in [0.1, 0.15) is 22.7 Å². The summed E-state index contributed by atoms with van der Waals surface area (Å²) in [5.74, 6) is 3.30. The van der Waals surface area contributed by atoms with Crippen LogP contribution in [0.3, 0.4) is 0 Å². The van der Waals surface area contributed by atoms with Crippen molar-refractivity contribution in [2.75, 3.05) is 9.80 Å². The minimum Gasteiger partial charge on any atom is -0.456 e. The molecule has 10 aromatic carbocycles. The van der Waals surface area contributed by atoms with Crippen LogP contribution in [0.5, 0.6) is 11.5 Å². The summed E-state index contributed by atoms with van der Waals surface area (Å²) < 4.78 is 15.6. The minimum absolute atomic E-state index is 0.537. The summed E-state index contributed by atoms with van der Waals surface area (Å²) in [5, 5.41) is 4.32. The molecule has 340 valence electrons. The second-order valence-corrected chi connectivity index (χ2v) is 18.7. The maximum atomic E-state index is 7.01. The highest BCUT2D eigenvalue weighted by molar-refractivity contribution is 7.99. The second kappa shape index (κ2) is 17.2. The van der Waals surface area contributed by atoms with E-state index in [9.17, 15) is 0 Å². The first-order valence-corrected chi connectivity index (χ1v) is 24.7. The molecule has 4 heterocycles. The summed E-state index contributed by atoms with van der Waals surface area (Å²) in [4.78, 5) is 22.1. The molecule has 0 fully saturated rings. The third-order valence-corrected chi connectivity index (χ3v) is 14.4. The van der Waals surface area contributed by atoms with Crippen molar-refractivity contribution < 1.29 is 9.15 Å². The highest BCUT2D eigenvalue weighted by Crippen LogP contribution is 2.52. The van der Waals surface area contributed by atoms with E-state index in [0.29, 0.717) is 17.6 Å². The van der Waals surface area contributed by atoms with Crippen LogP contribution in [-0.4, -0.2) is 19.5 Å². The molecule has 0 bridgehead atoms. The van der Waals surface area contributed by atoms with E-state index >= 15 is 0 Å². The summed E-state index contributed by atoms with van der Waals surface area (Å²) >= 11 is 1.72. The van der Waals surface area contributed by atoms with Gasteiger partial charge in [-0.25, -0.2) is 4.98 Å². The van der Waals surface area contributed by atoms with Gasteiger partial charge in [0, 0.05) is 67.9 Å². The van der Waals surface area contributed by atoms with Crippen molar-refractivity contribution in [1.29, 1.82) is 0 Å². The molecule has 9 heteroatoms. The third kappa shape index (κ3) is 7.13. The molecule has 0 saturated heterocycles. The number of benzene rings is 10. The van der Waals surface area contributed by atoms with E-state index in [4.69, 9.17) is 24.1 Å². The van der Waals surface area contributed by atoms with Crippen LogP contribution in [0.4, 0.5) is 34.1 Å². The Labute approximate surface area is 418 Å². The molecule has 13 aromatic rings. The van der Waals surface area contributed by atoms with Crippen molar-refractivity contribution in [1.82, 2.24) is 19.5 Å². The van der Waals surface area contributed by atoms with E-state index in [0.717, 1.165) is 110 Å². The standard InChI is InChI=1S/C63H40N6O2S/c1-5-18-41(19-6-1)61-64-62(42-20-7-2-8-21-42)66-63(65-61)69-51-28-15-13-26-48(51)49-35-32-45(38-53(49)69)67(43-22-9-3-10-23-43)46-33-36-58-56(39-46)71-57-40-47(34-37-59(57)72-58)68(44-24-11-4-12-25-44)52-29-17-31-55-60(52)50-27-14-16-30-54(50)70-55/h1-40H. The Balaban J connectivity index is 0.889. The molecule has 0 atom stereocenters. The van der Waals surface area contributed by atoms with Crippen LogP contribution in [-0.2, 0) is 0 Å². The van der Waals surface area contributed by atoms with Gasteiger partial charge in [-0.15, -0.1) is 0 Å². The van der Waals surface area contributed by atoms with E-state index in [1.165, 1.54) is 0 Å². The smallest absolute Gasteiger partial charge is 0.238 e. The van der Waals surface area contributed by atoms with Crippen molar-refractivity contribution in [3.63, 3.8) is 0 Å². The predicted molar refractivity (Wildman–Crippen MR) is 292 cm³/mol. The van der Waals surface area contributed by atoms with Gasteiger partial charge in [-0.3, -0.25) is 4.57 Å². The minimum atomic E-state index is 0.537. The van der Waals surface area contributed by atoms with Crippen LogP contribution in [0, 0.1) is 0 Å². The molecule has 3 aromatic heterocycles. The molecule has 0 N–H and O–H groups in total. The van der Waals surface area contributed by atoms with E-state index in [1.54, 1.807) is 11.8 Å². The van der Waals surface area contributed by atoms with Gasteiger partial charge in [0.05, 0.1) is 31.9 Å². The molecule has 0 radical (unpaired) electrons. The lowest BCUT2D eigenvalue weighted by Gasteiger charge is -2.29. The van der Waals surface area contributed by atoms with Crippen molar-refractivity contribution >= 4 is 89.6 Å². The molecule has 0 saturated carbocycles. The van der Waals surface area contributed by atoms with E-state index in [1.807, 2.05) is 91.0 Å². The average Bonchev–Trinajstić information content (AvgIpc) is 4.00. The number of ether oxygens (including phenoxy) is 1. The van der Waals surface area contributed by atoms with Gasteiger partial charge >= 0.3 is 0 Å². The lowest BCUT2D eigenvalue weighted by atomic mass is 10.1. The zero-order chi connectivity index (χ0) is 47.5. The first kappa shape index (κ1) is 41.5. The quantitative estimate of drug-likeness (QED) is 0.142. The Morgan fingerprint density at radius 3 is 1.56 bits per heavy atom. The van der Waals surface area contributed by atoms with Crippen LogP contribution >= 0.6 is 11.8 Å². The zero-order valence-electron chi connectivity index (χ0n) is 38.5. The number of anilines is 6. The Morgan fingerprint density at radius 2 is 0.889 bits per heavy atom. The van der Waals surface area contributed by atoms with Gasteiger partial charge in [0.2, 0.25) is 5.95 Å². The Morgan fingerprint density at radius 1 is 0.375 bits per heavy atom. The molecular formula is C63H40N6O2S. The van der Waals surface area contributed by atoms with Crippen LogP contribution in [0.15, 0.2) is 257 Å². The molecule has 0 amide bonds. The fourth-order valence-electron chi connectivity index (χ4n) is 10.0. The number of nitrogens with zero attached hydrogens (tertiary/aromatic N) is 6. The number of fused-ring (bicyclic) bond motifs is 8. The number of furan rings is 1. The Hall–Kier alpha value is -9.44. The van der Waals surface area contributed by atoms with Gasteiger partial charge in [-0.2, -0.15) is 9.97 Å². The van der Waals surface area contributed by atoms with E-state index in [2.05, 4.69) is 166 Å². The van der Waals surface area contributed by atoms with Crippen LogP contribution < -0.4 is 14.5 Å². The highest BCUT2D eigenvalue weighted by atomic mass is 32.2. The average molecular weight is 945 g/mol. The molecular weight excluding hydrogens is 905 g/mol. The number of hydrogen-bond donors (Lipinski definition) is 0. The topological polar surface area (TPSA) is 72.5 Å². The van der Waals surface area contributed by atoms with Gasteiger partial charge < -0.3 is 19.0 Å². The van der Waals surface area contributed by atoms with Crippen molar-refractivity contribution in [2.24, 2.45) is 0 Å². The van der Waals surface area contributed by atoms with Crippen LogP contribution in [0.25, 0.3) is 72.5 Å². The van der Waals surface area contributed by atoms with Gasteiger partial charge in [-0.1, -0.05) is 157 Å². The lowest BCUT2D eigenvalue weighted by molar-refractivity contribution is 0.455. The van der Waals surface area contributed by atoms with Crippen molar-refractivity contribution in [3.05, 3.63) is 243 Å². The van der Waals surface area contributed by atoms with Gasteiger partial charge in [0.15, 0.2) is 11.6 Å². The van der Waals surface area contributed by atoms with E-state index in [-0.39, 0.29) is 0 Å². The fourth-order valence-corrected chi connectivity index (χ4v) is 10.9. The van der Waals surface area contributed by atoms with E-state index < -0.39 is 0 Å². The molecule has 72 heavy (non-hydrogen) atoms. The monoisotopic (exact) mass is 944 g/mol. The lowest BCUT2D eigenvalue weighted by Crippen LogP contribution is -2.11. The number of para-hydroxylation sites is 4. The van der Waals surface area contributed by atoms with Crippen molar-refractivity contribution in [2.45, 2.75) is 9.79 Å². The van der Waals surface area contributed by atoms with Crippen molar-refractivity contribution in [3.8, 4) is 40.2 Å². The molecule has 0 unspecified atom stereocenters.